The predicted octanol–water partition coefficient (Wildman–Crippen LogP) is 3.09. The lowest BCUT2D eigenvalue weighted by molar-refractivity contribution is -0.170. The number of carbonyl (C=O) groups is 6. The number of ketones is 3. The van der Waals surface area contributed by atoms with Gasteiger partial charge in [0.2, 0.25) is 0 Å². The van der Waals surface area contributed by atoms with Crippen molar-refractivity contribution in [1.82, 2.24) is 9.80 Å². The molecule has 1 atom stereocenters. The van der Waals surface area contributed by atoms with Crippen LogP contribution < -0.4 is 0 Å². The van der Waals surface area contributed by atoms with Crippen LogP contribution in [0.5, 0.6) is 0 Å². The molecule has 0 aromatic rings. The largest absolute Gasteiger partial charge is 0.465 e. The average Bonchev–Trinajstić information content (AvgIpc) is 2.65. The molecule has 0 radical (unpaired) electrons. The quantitative estimate of drug-likeness (QED) is 0.231. The molecule has 2 saturated heterocycles. The van der Waals surface area contributed by atoms with E-state index in [2.05, 4.69) is 0 Å². The van der Waals surface area contributed by atoms with Gasteiger partial charge in [-0.05, 0) is 67.0 Å². The van der Waals surface area contributed by atoms with Gasteiger partial charge in [0.15, 0.2) is 11.6 Å². The van der Waals surface area contributed by atoms with Gasteiger partial charge in [0.25, 0.3) is 0 Å². The first-order chi connectivity index (χ1) is 17.4. The Labute approximate surface area is 223 Å². The Hall–Kier alpha value is -3.24. The number of amides is 2. The van der Waals surface area contributed by atoms with E-state index in [0.29, 0.717) is 13.1 Å². The lowest BCUT2D eigenvalue weighted by atomic mass is 9.61. The monoisotopic (exact) mass is 536 g/mol. The average molecular weight is 537 g/mol. The van der Waals surface area contributed by atoms with Crippen LogP contribution in [0.1, 0.15) is 68.2 Å². The van der Waals surface area contributed by atoms with Gasteiger partial charge in [0.1, 0.15) is 22.9 Å². The number of rotatable bonds is 3. The first-order valence-electron chi connectivity index (χ1n) is 12.7. The SMILES string of the molecule is CC(=O)C=C1CN(C(=O)OC(C)(C)C)C1.CCOC(=O)C1C(=O)CC(=O)CC12CN(C(=O)OC(C)(C)C)C2. The van der Waals surface area contributed by atoms with Crippen molar-refractivity contribution in [2.45, 2.75) is 79.4 Å². The molecule has 11 nitrogen and oxygen atoms in total. The minimum atomic E-state index is -0.973. The van der Waals surface area contributed by atoms with E-state index in [4.69, 9.17) is 14.2 Å². The van der Waals surface area contributed by atoms with Crippen molar-refractivity contribution in [1.29, 1.82) is 0 Å². The zero-order valence-electron chi connectivity index (χ0n) is 23.7. The van der Waals surface area contributed by atoms with Crippen LogP contribution in [0.25, 0.3) is 0 Å². The molecule has 11 heteroatoms. The number of allylic oxidation sites excluding steroid dienone is 1. The summed E-state index contributed by atoms with van der Waals surface area (Å²) in [5.41, 5.74) is -0.945. The lowest BCUT2D eigenvalue weighted by Crippen LogP contribution is -2.67. The molecule has 2 heterocycles. The predicted molar refractivity (Wildman–Crippen MR) is 136 cm³/mol. The number of hydrogen-bond donors (Lipinski definition) is 0. The molecule has 3 rings (SSSR count). The highest BCUT2D eigenvalue weighted by atomic mass is 16.6. The molecule has 3 fully saturated rings. The van der Waals surface area contributed by atoms with E-state index in [9.17, 15) is 28.8 Å². The van der Waals surface area contributed by atoms with Gasteiger partial charge in [-0.25, -0.2) is 9.59 Å². The fraction of sp³-hybridized carbons (Fsp3) is 0.704. The van der Waals surface area contributed by atoms with E-state index in [0.717, 1.165) is 5.57 Å². The maximum Gasteiger partial charge on any atom is 0.410 e. The minimum Gasteiger partial charge on any atom is -0.465 e. The number of esters is 1. The molecule has 0 aromatic carbocycles. The Balaban J connectivity index is 0.000000293. The molecule has 3 aliphatic rings. The highest BCUT2D eigenvalue weighted by Crippen LogP contribution is 2.46. The molecule has 0 aromatic heterocycles. The Bertz CT molecular complexity index is 1000. The van der Waals surface area contributed by atoms with Crippen LogP contribution in [0.2, 0.25) is 0 Å². The van der Waals surface area contributed by atoms with Gasteiger partial charge >= 0.3 is 18.2 Å². The Kier molecular flexibility index (Phi) is 9.50. The molecule has 1 unspecified atom stereocenters. The van der Waals surface area contributed by atoms with E-state index in [1.54, 1.807) is 38.7 Å². The van der Waals surface area contributed by atoms with Gasteiger partial charge < -0.3 is 24.0 Å². The van der Waals surface area contributed by atoms with Crippen LogP contribution >= 0.6 is 0 Å². The zero-order chi connectivity index (χ0) is 29.1. The van der Waals surface area contributed by atoms with E-state index in [1.165, 1.54) is 11.8 Å². The molecule has 212 valence electrons. The van der Waals surface area contributed by atoms with Crippen molar-refractivity contribution in [3.63, 3.8) is 0 Å². The third kappa shape index (κ3) is 8.39. The molecule has 0 N–H and O–H groups in total. The van der Waals surface area contributed by atoms with Crippen LogP contribution in [-0.2, 0) is 33.4 Å². The van der Waals surface area contributed by atoms with Gasteiger partial charge in [-0.2, -0.15) is 0 Å². The zero-order valence-corrected chi connectivity index (χ0v) is 23.7. The molecule has 1 aliphatic carbocycles. The summed E-state index contributed by atoms with van der Waals surface area (Å²) in [6.45, 7) is 15.4. The van der Waals surface area contributed by atoms with E-state index in [-0.39, 0.29) is 50.2 Å². The Morgan fingerprint density at radius 3 is 1.87 bits per heavy atom. The topological polar surface area (TPSA) is 137 Å². The first-order valence-corrected chi connectivity index (χ1v) is 12.7. The number of hydrogen-bond acceptors (Lipinski definition) is 9. The van der Waals surface area contributed by atoms with Crippen LogP contribution in [-0.4, -0.2) is 89.3 Å². The van der Waals surface area contributed by atoms with Gasteiger partial charge in [0, 0.05) is 38.0 Å². The fourth-order valence-electron chi connectivity index (χ4n) is 4.54. The van der Waals surface area contributed by atoms with Gasteiger partial charge in [-0.3, -0.25) is 19.2 Å². The minimum absolute atomic E-state index is 0.0221. The van der Waals surface area contributed by atoms with Crippen molar-refractivity contribution in [2.75, 3.05) is 32.8 Å². The highest BCUT2D eigenvalue weighted by molar-refractivity contribution is 6.11. The summed E-state index contributed by atoms with van der Waals surface area (Å²) in [7, 11) is 0. The fourth-order valence-corrected chi connectivity index (χ4v) is 4.54. The lowest BCUT2D eigenvalue weighted by Gasteiger charge is -2.53. The number of ether oxygens (including phenoxy) is 3. The summed E-state index contributed by atoms with van der Waals surface area (Å²) >= 11 is 0. The van der Waals surface area contributed by atoms with Crippen LogP contribution in [0, 0.1) is 11.3 Å². The van der Waals surface area contributed by atoms with Gasteiger partial charge in [0.05, 0.1) is 13.0 Å². The second-order valence-corrected chi connectivity index (χ2v) is 12.0. The van der Waals surface area contributed by atoms with Crippen molar-refractivity contribution in [3.8, 4) is 0 Å². The summed E-state index contributed by atoms with van der Waals surface area (Å²) in [5, 5.41) is 0. The van der Waals surface area contributed by atoms with Crippen molar-refractivity contribution < 1.29 is 43.0 Å². The Morgan fingerprint density at radius 2 is 1.42 bits per heavy atom. The molecule has 1 saturated carbocycles. The number of nitrogens with zero attached hydrogens (tertiary/aromatic N) is 2. The van der Waals surface area contributed by atoms with Gasteiger partial charge in [-0.1, -0.05) is 0 Å². The van der Waals surface area contributed by atoms with Gasteiger partial charge in [-0.15, -0.1) is 0 Å². The Morgan fingerprint density at radius 1 is 0.921 bits per heavy atom. The van der Waals surface area contributed by atoms with Crippen molar-refractivity contribution in [2.24, 2.45) is 11.3 Å². The normalized spacial score (nSPS) is 20.4. The standard InChI is InChI=1S/C16H23NO6.C11H17NO3/c1-5-22-13(20)12-11(19)6-10(18)7-16(12)8-17(9-16)14(21)23-15(2,3)4;1-8(13)5-9-6-12(7-9)10(14)15-11(2,3)4/h12H,5-9H2,1-4H3;5H,6-7H2,1-4H3. The molecular formula is C27H40N2O9. The summed E-state index contributed by atoms with van der Waals surface area (Å²) < 4.78 is 15.4. The van der Waals surface area contributed by atoms with E-state index >= 15 is 0 Å². The van der Waals surface area contributed by atoms with Crippen LogP contribution in [0.4, 0.5) is 9.59 Å². The smallest absolute Gasteiger partial charge is 0.410 e. The van der Waals surface area contributed by atoms with E-state index < -0.39 is 40.4 Å². The summed E-state index contributed by atoms with van der Waals surface area (Å²) in [4.78, 5) is 73.4. The van der Waals surface area contributed by atoms with Crippen molar-refractivity contribution in [3.05, 3.63) is 11.6 Å². The van der Waals surface area contributed by atoms with Crippen molar-refractivity contribution >= 4 is 35.5 Å². The summed E-state index contributed by atoms with van der Waals surface area (Å²) in [6, 6.07) is 0. The first kappa shape index (κ1) is 31.0. The summed E-state index contributed by atoms with van der Waals surface area (Å²) in [5.74, 6) is -2.16. The number of Topliss-reactive ketones (excluding diaryl/α,β-unsaturated/α-hetero) is 2. The second kappa shape index (κ2) is 11.7. The van der Waals surface area contributed by atoms with E-state index in [1.807, 2.05) is 20.8 Å². The second-order valence-electron chi connectivity index (χ2n) is 12.0. The summed E-state index contributed by atoms with van der Waals surface area (Å²) in [6.07, 6.45) is 0.625. The molecule has 1 spiro atoms. The maximum absolute atomic E-state index is 12.2. The van der Waals surface area contributed by atoms with Crippen LogP contribution in [0.15, 0.2) is 11.6 Å². The molecule has 0 bridgehead atoms. The number of likely N-dealkylation sites (tertiary alicyclic amines) is 2. The third-order valence-corrected chi connectivity index (χ3v) is 5.89. The third-order valence-electron chi connectivity index (χ3n) is 5.89. The molecule has 2 amide bonds. The maximum atomic E-state index is 12.2. The van der Waals surface area contributed by atoms with Crippen LogP contribution in [0.3, 0.4) is 0 Å². The molecule has 38 heavy (non-hydrogen) atoms. The number of carbonyl (C=O) groups excluding carboxylic acids is 6. The molecular weight excluding hydrogens is 496 g/mol. The highest BCUT2D eigenvalue weighted by Gasteiger charge is 2.60. The molecule has 2 aliphatic heterocycles.